The van der Waals surface area contributed by atoms with E-state index in [4.69, 9.17) is 0 Å². The summed E-state index contributed by atoms with van der Waals surface area (Å²) in [6, 6.07) is 10.4. The first-order chi connectivity index (χ1) is 10.3. The molecule has 3 heteroatoms. The fourth-order valence-electron chi connectivity index (χ4n) is 2.74. The van der Waals surface area contributed by atoms with E-state index >= 15 is 0 Å². The zero-order chi connectivity index (χ0) is 14.7. The van der Waals surface area contributed by atoms with E-state index in [9.17, 15) is 4.79 Å². The number of carbonyl (C=O) groups is 1. The largest absolute Gasteiger partial charge is 0.328 e. The summed E-state index contributed by atoms with van der Waals surface area (Å²) in [5, 5.41) is 0. The lowest BCUT2D eigenvalue weighted by atomic mass is 9.85. The van der Waals surface area contributed by atoms with E-state index < -0.39 is 0 Å². The highest BCUT2D eigenvalue weighted by Crippen LogP contribution is 2.29. The summed E-state index contributed by atoms with van der Waals surface area (Å²) in [4.78, 5) is 15.0. The molecule has 2 unspecified atom stereocenters. The molecule has 1 aromatic carbocycles. The van der Waals surface area contributed by atoms with Gasteiger partial charge in [0.05, 0.1) is 0 Å². The van der Waals surface area contributed by atoms with Crippen LogP contribution in [-0.4, -0.2) is 15.8 Å². The van der Waals surface area contributed by atoms with E-state index in [1.54, 1.807) is 6.20 Å². The number of hydrogen-bond acceptors (Lipinski definition) is 2. The Kier molecular flexibility index (Phi) is 3.82. The zero-order valence-electron chi connectivity index (χ0n) is 12.0. The number of imidazole rings is 1. The van der Waals surface area contributed by atoms with Gasteiger partial charge in [-0.05, 0) is 17.1 Å². The first-order valence-electron chi connectivity index (χ1n) is 7.19. The minimum Gasteiger partial charge on any atom is -0.328 e. The van der Waals surface area contributed by atoms with E-state index in [0.29, 0.717) is 17.7 Å². The van der Waals surface area contributed by atoms with Crippen molar-refractivity contribution in [2.75, 3.05) is 0 Å². The molecule has 1 aromatic heterocycles. The van der Waals surface area contributed by atoms with Gasteiger partial charge in [0.1, 0.15) is 0 Å². The average molecular weight is 278 g/mol. The molecule has 1 aliphatic rings. The minimum atomic E-state index is 0.380. The van der Waals surface area contributed by atoms with Crippen LogP contribution >= 0.6 is 0 Å². The van der Waals surface area contributed by atoms with Gasteiger partial charge in [0, 0.05) is 24.9 Å². The Morgan fingerprint density at radius 2 is 2.10 bits per heavy atom. The molecule has 0 bridgehead atoms. The van der Waals surface area contributed by atoms with Crippen molar-refractivity contribution in [1.29, 1.82) is 0 Å². The SMILES string of the molecule is CC1C=C(c2ccccc2)C=CC1Cn1ccnc1C=O. The van der Waals surface area contributed by atoms with Crippen molar-refractivity contribution in [2.45, 2.75) is 13.5 Å². The molecule has 3 rings (SSSR count). The Morgan fingerprint density at radius 1 is 1.29 bits per heavy atom. The van der Waals surface area contributed by atoms with Crippen LogP contribution in [0.25, 0.3) is 5.57 Å². The third-order valence-corrected chi connectivity index (χ3v) is 4.01. The van der Waals surface area contributed by atoms with Crippen molar-refractivity contribution in [3.63, 3.8) is 0 Å². The maximum Gasteiger partial charge on any atom is 0.185 e. The third kappa shape index (κ3) is 2.87. The molecule has 0 aliphatic heterocycles. The molecule has 1 heterocycles. The maximum atomic E-state index is 10.9. The van der Waals surface area contributed by atoms with E-state index in [1.807, 2.05) is 16.8 Å². The monoisotopic (exact) mass is 278 g/mol. The van der Waals surface area contributed by atoms with E-state index in [2.05, 4.69) is 54.4 Å². The summed E-state index contributed by atoms with van der Waals surface area (Å²) < 4.78 is 1.92. The maximum absolute atomic E-state index is 10.9. The average Bonchev–Trinajstić information content (AvgIpc) is 2.97. The highest BCUT2D eigenvalue weighted by atomic mass is 16.1. The molecule has 0 saturated carbocycles. The summed E-state index contributed by atoms with van der Waals surface area (Å²) in [5.41, 5.74) is 2.51. The molecule has 21 heavy (non-hydrogen) atoms. The number of hydrogen-bond donors (Lipinski definition) is 0. The smallest absolute Gasteiger partial charge is 0.185 e. The Morgan fingerprint density at radius 3 is 2.81 bits per heavy atom. The lowest BCUT2D eigenvalue weighted by Crippen LogP contribution is -2.18. The van der Waals surface area contributed by atoms with Gasteiger partial charge in [-0.15, -0.1) is 0 Å². The van der Waals surface area contributed by atoms with Crippen molar-refractivity contribution in [3.05, 3.63) is 72.3 Å². The molecular formula is C18H18N2O. The van der Waals surface area contributed by atoms with Gasteiger partial charge in [0.15, 0.2) is 12.1 Å². The second-order valence-electron chi connectivity index (χ2n) is 5.43. The number of rotatable bonds is 4. The molecular weight excluding hydrogens is 260 g/mol. The number of nitrogens with zero attached hydrogens (tertiary/aromatic N) is 2. The number of aldehydes is 1. The highest BCUT2D eigenvalue weighted by Gasteiger charge is 2.18. The summed E-state index contributed by atoms with van der Waals surface area (Å²) in [5.74, 6) is 1.30. The van der Waals surface area contributed by atoms with Crippen LogP contribution in [0.4, 0.5) is 0 Å². The summed E-state index contributed by atoms with van der Waals surface area (Å²) in [6.07, 6.45) is 11.1. The fraction of sp³-hybridized carbons (Fsp3) is 0.222. The van der Waals surface area contributed by atoms with Crippen LogP contribution in [-0.2, 0) is 6.54 Å². The molecule has 2 atom stereocenters. The molecule has 106 valence electrons. The van der Waals surface area contributed by atoms with Crippen molar-refractivity contribution in [3.8, 4) is 0 Å². The zero-order valence-corrected chi connectivity index (χ0v) is 12.0. The number of allylic oxidation sites excluding steroid dienone is 4. The van der Waals surface area contributed by atoms with Gasteiger partial charge >= 0.3 is 0 Å². The predicted molar refractivity (Wildman–Crippen MR) is 83.8 cm³/mol. The van der Waals surface area contributed by atoms with Gasteiger partial charge in [-0.1, -0.05) is 55.5 Å². The van der Waals surface area contributed by atoms with Gasteiger partial charge in [-0.2, -0.15) is 0 Å². The Hall–Kier alpha value is -2.42. The predicted octanol–water partition coefficient (Wildman–Crippen LogP) is 3.60. The van der Waals surface area contributed by atoms with Crippen LogP contribution < -0.4 is 0 Å². The second kappa shape index (κ2) is 5.92. The fourth-order valence-corrected chi connectivity index (χ4v) is 2.74. The van der Waals surface area contributed by atoms with Crippen LogP contribution in [0.5, 0.6) is 0 Å². The quantitative estimate of drug-likeness (QED) is 0.801. The lowest BCUT2D eigenvalue weighted by molar-refractivity contribution is 0.111. The number of benzene rings is 1. The Bertz CT molecular complexity index is 682. The minimum absolute atomic E-state index is 0.380. The normalized spacial score (nSPS) is 21.1. The molecule has 1 aliphatic carbocycles. The highest BCUT2D eigenvalue weighted by molar-refractivity contribution is 5.75. The molecule has 2 aromatic rings. The Labute approximate surface area is 124 Å². The number of aromatic nitrogens is 2. The molecule has 0 radical (unpaired) electrons. The number of carbonyl (C=O) groups excluding carboxylic acids is 1. The first-order valence-corrected chi connectivity index (χ1v) is 7.19. The van der Waals surface area contributed by atoms with Gasteiger partial charge in [0.25, 0.3) is 0 Å². The van der Waals surface area contributed by atoms with Crippen LogP contribution in [0, 0.1) is 11.8 Å². The molecule has 0 amide bonds. The van der Waals surface area contributed by atoms with E-state index in [0.717, 1.165) is 12.8 Å². The van der Waals surface area contributed by atoms with Crippen LogP contribution in [0.3, 0.4) is 0 Å². The van der Waals surface area contributed by atoms with Crippen LogP contribution in [0.1, 0.15) is 23.1 Å². The summed E-state index contributed by atoms with van der Waals surface area (Å²) in [6.45, 7) is 3.00. The Balaban J connectivity index is 1.76. The molecule has 0 saturated heterocycles. The van der Waals surface area contributed by atoms with Crippen molar-refractivity contribution in [1.82, 2.24) is 9.55 Å². The summed E-state index contributed by atoms with van der Waals surface area (Å²) in [7, 11) is 0. The topological polar surface area (TPSA) is 34.9 Å². The van der Waals surface area contributed by atoms with E-state index in [1.165, 1.54) is 11.1 Å². The third-order valence-electron chi connectivity index (χ3n) is 4.01. The van der Waals surface area contributed by atoms with Gasteiger partial charge in [-0.25, -0.2) is 4.98 Å². The molecule has 3 nitrogen and oxygen atoms in total. The van der Waals surface area contributed by atoms with Crippen molar-refractivity contribution in [2.24, 2.45) is 11.8 Å². The molecule has 0 N–H and O–H groups in total. The summed E-state index contributed by atoms with van der Waals surface area (Å²) >= 11 is 0. The van der Waals surface area contributed by atoms with Gasteiger partial charge in [0.2, 0.25) is 0 Å². The van der Waals surface area contributed by atoms with Crippen molar-refractivity contribution >= 4 is 11.9 Å². The standard InChI is InChI=1S/C18H18N2O/c1-14-11-16(15-5-3-2-4-6-15)7-8-17(14)12-20-10-9-19-18(20)13-21/h2-11,13-14,17H,12H2,1H3. The second-order valence-corrected chi connectivity index (χ2v) is 5.43. The van der Waals surface area contributed by atoms with Crippen LogP contribution in [0.15, 0.2) is 61.0 Å². The van der Waals surface area contributed by atoms with Gasteiger partial charge < -0.3 is 4.57 Å². The van der Waals surface area contributed by atoms with E-state index in [-0.39, 0.29) is 0 Å². The van der Waals surface area contributed by atoms with Crippen LogP contribution in [0.2, 0.25) is 0 Å². The van der Waals surface area contributed by atoms with Gasteiger partial charge in [-0.3, -0.25) is 4.79 Å². The molecule has 0 spiro atoms. The first kappa shape index (κ1) is 13.6. The molecule has 0 fully saturated rings. The lowest BCUT2D eigenvalue weighted by Gasteiger charge is -2.24. The van der Waals surface area contributed by atoms with Crippen molar-refractivity contribution < 1.29 is 4.79 Å².